The van der Waals surface area contributed by atoms with Gasteiger partial charge in [0.05, 0.1) is 7.11 Å². The minimum Gasteiger partial charge on any atom is -0.468 e. The Morgan fingerprint density at radius 3 is 2.79 bits per heavy atom. The quantitative estimate of drug-likeness (QED) is 0.612. The molecule has 0 fully saturated rings. The molecule has 5 nitrogen and oxygen atoms in total. The molecule has 108 valence electrons. The molecule has 0 saturated carbocycles. The average molecular weight is 285 g/mol. The van der Waals surface area contributed by atoms with Crippen LogP contribution in [0.1, 0.15) is 27.2 Å². The molecule has 0 aliphatic heterocycles. The van der Waals surface area contributed by atoms with Gasteiger partial charge in [-0.15, -0.1) is 0 Å². The van der Waals surface area contributed by atoms with E-state index in [0.29, 0.717) is 6.42 Å². The highest BCUT2D eigenvalue weighted by Crippen LogP contribution is 2.21. The van der Waals surface area contributed by atoms with Crippen LogP contribution in [0.5, 0.6) is 0 Å². The van der Waals surface area contributed by atoms with Gasteiger partial charge in [0.15, 0.2) is 5.16 Å². The van der Waals surface area contributed by atoms with Crippen molar-refractivity contribution >= 4 is 17.7 Å². The smallest absolute Gasteiger partial charge is 0.325 e. The van der Waals surface area contributed by atoms with Crippen molar-refractivity contribution in [2.45, 2.75) is 43.9 Å². The van der Waals surface area contributed by atoms with E-state index in [1.165, 1.54) is 7.11 Å². The first-order valence-corrected chi connectivity index (χ1v) is 7.34. The van der Waals surface area contributed by atoms with Crippen LogP contribution in [0.4, 0.5) is 0 Å². The summed E-state index contributed by atoms with van der Waals surface area (Å²) in [6, 6.07) is 0.224. The van der Waals surface area contributed by atoms with Gasteiger partial charge in [-0.25, -0.2) is 4.98 Å². The number of nitrogens with zero attached hydrogens (tertiary/aromatic N) is 2. The zero-order valence-corrected chi connectivity index (χ0v) is 13.1. The Morgan fingerprint density at radius 2 is 2.32 bits per heavy atom. The van der Waals surface area contributed by atoms with E-state index in [1.807, 2.05) is 38.6 Å². The van der Waals surface area contributed by atoms with Gasteiger partial charge < -0.3 is 9.30 Å². The number of thioether (sulfide) groups is 1. The van der Waals surface area contributed by atoms with Crippen LogP contribution in [-0.2, 0) is 16.6 Å². The lowest BCUT2D eigenvalue weighted by molar-refractivity contribution is -0.148. The fraction of sp³-hybridized carbons (Fsp3) is 0.692. The van der Waals surface area contributed by atoms with Crippen LogP contribution < -0.4 is 5.32 Å². The predicted octanol–water partition coefficient (Wildman–Crippen LogP) is 1.83. The molecule has 1 rings (SSSR count). The van der Waals surface area contributed by atoms with E-state index >= 15 is 0 Å². The van der Waals surface area contributed by atoms with Crippen molar-refractivity contribution in [2.24, 2.45) is 7.05 Å². The summed E-state index contributed by atoms with van der Waals surface area (Å²) in [6.45, 7) is 5.93. The normalized spacial score (nSPS) is 14.4. The highest BCUT2D eigenvalue weighted by Gasteiger charge is 2.34. The second-order valence-corrected chi connectivity index (χ2v) is 6.10. The van der Waals surface area contributed by atoms with Crippen molar-refractivity contribution in [3.8, 4) is 0 Å². The molecule has 6 heteroatoms. The monoisotopic (exact) mass is 285 g/mol. The van der Waals surface area contributed by atoms with Crippen molar-refractivity contribution in [1.82, 2.24) is 14.9 Å². The van der Waals surface area contributed by atoms with Crippen LogP contribution >= 0.6 is 11.8 Å². The van der Waals surface area contributed by atoms with Crippen LogP contribution in [0.2, 0.25) is 0 Å². The number of carbonyl (C=O) groups is 1. The van der Waals surface area contributed by atoms with E-state index in [1.54, 1.807) is 18.0 Å². The van der Waals surface area contributed by atoms with Gasteiger partial charge in [-0.05, 0) is 27.2 Å². The lowest BCUT2D eigenvalue weighted by atomic mass is 9.98. The van der Waals surface area contributed by atoms with Gasteiger partial charge in [0, 0.05) is 31.2 Å². The van der Waals surface area contributed by atoms with Crippen LogP contribution in [-0.4, -0.2) is 40.0 Å². The summed E-state index contributed by atoms with van der Waals surface area (Å²) in [4.78, 5) is 16.2. The Morgan fingerprint density at radius 1 is 1.63 bits per heavy atom. The number of ether oxygens (including phenoxy) is 1. The fourth-order valence-electron chi connectivity index (χ4n) is 1.93. The van der Waals surface area contributed by atoms with Gasteiger partial charge >= 0.3 is 5.97 Å². The fourth-order valence-corrected chi connectivity index (χ4v) is 3.03. The molecule has 0 amide bonds. The van der Waals surface area contributed by atoms with E-state index in [2.05, 4.69) is 10.3 Å². The summed E-state index contributed by atoms with van der Waals surface area (Å²) in [5.41, 5.74) is -0.652. The maximum Gasteiger partial charge on any atom is 0.325 e. The summed E-state index contributed by atoms with van der Waals surface area (Å²) in [5, 5.41) is 4.24. The molecular formula is C13H23N3O2S. The number of hydrogen-bond donors (Lipinski definition) is 1. The lowest BCUT2D eigenvalue weighted by Crippen LogP contribution is -2.53. The van der Waals surface area contributed by atoms with Gasteiger partial charge in [-0.2, -0.15) is 0 Å². The maximum absolute atomic E-state index is 11.9. The van der Waals surface area contributed by atoms with Crippen LogP contribution in [0, 0.1) is 0 Å². The first kappa shape index (κ1) is 16.0. The number of aryl methyl sites for hydroxylation is 1. The highest BCUT2D eigenvalue weighted by atomic mass is 32.2. The second-order valence-electron chi connectivity index (χ2n) is 5.04. The Bertz CT molecular complexity index is 420. The molecule has 1 atom stereocenters. The number of imidazole rings is 1. The SMILES string of the molecule is COC(=O)C(C)(CCSc1nccn1C)NC(C)C. The Hall–Kier alpha value is -1.01. The lowest BCUT2D eigenvalue weighted by Gasteiger charge is -2.30. The van der Waals surface area contributed by atoms with E-state index in [4.69, 9.17) is 4.74 Å². The standard InChI is InChI=1S/C13H23N3O2S/c1-10(2)15-13(3,11(17)18-5)6-9-19-12-14-7-8-16(12)4/h7-8,10,15H,6,9H2,1-5H3. The number of nitrogens with one attached hydrogen (secondary N) is 1. The molecule has 1 heterocycles. The van der Waals surface area contributed by atoms with Gasteiger partial charge in [-0.3, -0.25) is 10.1 Å². The minimum atomic E-state index is -0.652. The molecule has 1 N–H and O–H groups in total. The van der Waals surface area contributed by atoms with Crippen molar-refractivity contribution in [2.75, 3.05) is 12.9 Å². The topological polar surface area (TPSA) is 56.1 Å². The Labute approximate surface area is 119 Å². The first-order valence-electron chi connectivity index (χ1n) is 6.35. The molecular weight excluding hydrogens is 262 g/mol. The summed E-state index contributed by atoms with van der Waals surface area (Å²) in [5.74, 6) is 0.581. The summed E-state index contributed by atoms with van der Waals surface area (Å²) in [7, 11) is 3.38. The van der Waals surface area contributed by atoms with E-state index < -0.39 is 5.54 Å². The van der Waals surface area contributed by atoms with Crippen molar-refractivity contribution in [3.05, 3.63) is 12.4 Å². The second kappa shape index (κ2) is 6.96. The van der Waals surface area contributed by atoms with Gasteiger partial charge in [0.1, 0.15) is 5.54 Å². The van der Waals surface area contributed by atoms with E-state index in [-0.39, 0.29) is 12.0 Å². The highest BCUT2D eigenvalue weighted by molar-refractivity contribution is 7.99. The number of aromatic nitrogens is 2. The van der Waals surface area contributed by atoms with Gasteiger partial charge in [0.2, 0.25) is 0 Å². The van der Waals surface area contributed by atoms with Crippen LogP contribution in [0.15, 0.2) is 17.6 Å². The molecule has 0 saturated heterocycles. The third-order valence-electron chi connectivity index (χ3n) is 2.85. The van der Waals surface area contributed by atoms with Crippen LogP contribution in [0.25, 0.3) is 0 Å². The molecule has 1 aromatic rings. The summed E-state index contributed by atoms with van der Waals surface area (Å²) in [6.07, 6.45) is 4.37. The molecule has 19 heavy (non-hydrogen) atoms. The largest absolute Gasteiger partial charge is 0.468 e. The van der Waals surface area contributed by atoms with Crippen molar-refractivity contribution < 1.29 is 9.53 Å². The van der Waals surface area contributed by atoms with E-state index in [9.17, 15) is 4.79 Å². The molecule has 1 aromatic heterocycles. The Kier molecular flexibility index (Phi) is 5.87. The molecule has 1 unspecified atom stereocenters. The summed E-state index contributed by atoms with van der Waals surface area (Å²) < 4.78 is 6.86. The predicted molar refractivity (Wildman–Crippen MR) is 77.2 cm³/mol. The summed E-state index contributed by atoms with van der Waals surface area (Å²) >= 11 is 1.64. The van der Waals surface area contributed by atoms with E-state index in [0.717, 1.165) is 10.9 Å². The zero-order chi connectivity index (χ0) is 14.5. The molecule has 0 aliphatic rings. The number of hydrogen-bond acceptors (Lipinski definition) is 5. The zero-order valence-electron chi connectivity index (χ0n) is 12.3. The molecule has 0 aliphatic carbocycles. The van der Waals surface area contributed by atoms with Crippen molar-refractivity contribution in [1.29, 1.82) is 0 Å². The third kappa shape index (κ3) is 4.54. The van der Waals surface area contributed by atoms with Crippen molar-refractivity contribution in [3.63, 3.8) is 0 Å². The van der Waals surface area contributed by atoms with Gasteiger partial charge in [-0.1, -0.05) is 11.8 Å². The Balaban J connectivity index is 2.58. The molecule has 0 spiro atoms. The third-order valence-corrected chi connectivity index (χ3v) is 3.91. The van der Waals surface area contributed by atoms with Gasteiger partial charge in [0.25, 0.3) is 0 Å². The number of methoxy groups -OCH3 is 1. The maximum atomic E-state index is 11.9. The average Bonchev–Trinajstić information content (AvgIpc) is 2.73. The number of esters is 1. The van der Waals surface area contributed by atoms with Crippen LogP contribution in [0.3, 0.4) is 0 Å². The molecule has 0 radical (unpaired) electrons. The first-order chi connectivity index (χ1) is 8.89. The number of carbonyl (C=O) groups excluding carboxylic acids is 1. The molecule has 0 bridgehead atoms. The number of rotatable bonds is 7. The minimum absolute atomic E-state index is 0.221. The molecule has 0 aromatic carbocycles.